The summed E-state index contributed by atoms with van der Waals surface area (Å²) in [6, 6.07) is 3.70. The number of anilines is 1. The standard InChI is InChI=1S/C24H29N5O5S2/c1-4-34-23(32)27-11-9-26(10-12-27)20-17(21(30)29-15-16(2)6-7-19(29)25-20)14-18-22(31)28(24(35)36-18)8-5-13-33-3/h6-7,14-15H,4-5,8-13H2,1-3H3/b18-14+. The summed E-state index contributed by atoms with van der Waals surface area (Å²) in [5.41, 5.74) is 1.48. The maximum Gasteiger partial charge on any atom is 0.409 e. The summed E-state index contributed by atoms with van der Waals surface area (Å²) in [5, 5.41) is 0. The molecule has 12 heteroatoms. The molecule has 0 spiro atoms. The molecule has 2 aliphatic heterocycles. The first-order chi connectivity index (χ1) is 17.3. The number of hydrogen-bond donors (Lipinski definition) is 0. The van der Waals surface area contributed by atoms with Gasteiger partial charge in [0.05, 0.1) is 17.1 Å². The maximum atomic E-state index is 13.7. The summed E-state index contributed by atoms with van der Waals surface area (Å²) in [7, 11) is 1.61. The van der Waals surface area contributed by atoms with Crippen LogP contribution in [0.15, 0.2) is 28.0 Å². The van der Waals surface area contributed by atoms with E-state index >= 15 is 0 Å². The second kappa shape index (κ2) is 11.4. The van der Waals surface area contributed by atoms with Gasteiger partial charge in [0.15, 0.2) is 0 Å². The van der Waals surface area contributed by atoms with Crippen LogP contribution in [0.5, 0.6) is 0 Å². The van der Waals surface area contributed by atoms with Gasteiger partial charge in [-0.15, -0.1) is 0 Å². The summed E-state index contributed by atoms with van der Waals surface area (Å²) in [4.78, 5) is 49.2. The van der Waals surface area contributed by atoms with Gasteiger partial charge < -0.3 is 19.3 Å². The molecule has 10 nitrogen and oxygen atoms in total. The molecule has 0 N–H and O–H groups in total. The van der Waals surface area contributed by atoms with Crippen molar-refractivity contribution >= 4 is 57.8 Å². The number of fused-ring (bicyclic) bond motifs is 1. The predicted molar refractivity (Wildman–Crippen MR) is 143 cm³/mol. The van der Waals surface area contributed by atoms with Gasteiger partial charge in [-0.25, -0.2) is 9.78 Å². The molecule has 0 radical (unpaired) electrons. The Bertz CT molecular complexity index is 1270. The number of hydrogen-bond acceptors (Lipinski definition) is 9. The average Bonchev–Trinajstić information content (AvgIpc) is 3.13. The third kappa shape index (κ3) is 5.40. The minimum Gasteiger partial charge on any atom is -0.450 e. The second-order valence-corrected chi connectivity index (χ2v) is 10.1. The van der Waals surface area contributed by atoms with Crippen LogP contribution in [0.1, 0.15) is 24.5 Å². The number of carbonyl (C=O) groups is 2. The number of aryl methyl sites for hydroxylation is 1. The molecule has 192 valence electrons. The van der Waals surface area contributed by atoms with Gasteiger partial charge in [0.1, 0.15) is 15.8 Å². The van der Waals surface area contributed by atoms with Gasteiger partial charge in [-0.3, -0.25) is 18.9 Å². The quantitative estimate of drug-likeness (QED) is 0.303. The van der Waals surface area contributed by atoms with Crippen molar-refractivity contribution < 1.29 is 19.1 Å². The Morgan fingerprint density at radius 1 is 1.22 bits per heavy atom. The number of nitrogens with zero attached hydrogens (tertiary/aromatic N) is 5. The number of rotatable bonds is 7. The zero-order chi connectivity index (χ0) is 25.8. The minimum atomic E-state index is -0.350. The van der Waals surface area contributed by atoms with Crippen molar-refractivity contribution in [2.45, 2.75) is 20.3 Å². The highest BCUT2D eigenvalue weighted by atomic mass is 32.2. The van der Waals surface area contributed by atoms with E-state index in [2.05, 4.69) is 0 Å². The van der Waals surface area contributed by atoms with E-state index in [0.29, 0.717) is 78.6 Å². The van der Waals surface area contributed by atoms with Crippen LogP contribution in [0, 0.1) is 6.92 Å². The molecule has 2 aromatic heterocycles. The molecule has 2 fully saturated rings. The van der Waals surface area contributed by atoms with Crippen LogP contribution in [0.2, 0.25) is 0 Å². The van der Waals surface area contributed by atoms with Crippen molar-refractivity contribution in [1.29, 1.82) is 0 Å². The zero-order valence-electron chi connectivity index (χ0n) is 20.6. The van der Waals surface area contributed by atoms with Crippen molar-refractivity contribution in [3.63, 3.8) is 0 Å². The monoisotopic (exact) mass is 531 g/mol. The third-order valence-electron chi connectivity index (χ3n) is 5.97. The number of thioether (sulfide) groups is 1. The number of thiocarbonyl (C=S) groups is 1. The van der Waals surface area contributed by atoms with Crippen molar-refractivity contribution in [2.75, 3.05) is 57.9 Å². The molecule has 0 aliphatic carbocycles. The van der Waals surface area contributed by atoms with Gasteiger partial charge in [0, 0.05) is 52.6 Å². The maximum absolute atomic E-state index is 13.7. The molecule has 4 rings (SSSR count). The molecule has 2 saturated heterocycles. The third-order valence-corrected chi connectivity index (χ3v) is 7.35. The Morgan fingerprint density at radius 2 is 1.97 bits per heavy atom. The number of amides is 2. The topological polar surface area (TPSA) is 96.7 Å². The van der Waals surface area contributed by atoms with Gasteiger partial charge >= 0.3 is 6.09 Å². The van der Waals surface area contributed by atoms with Crippen LogP contribution in [0.3, 0.4) is 0 Å². The smallest absolute Gasteiger partial charge is 0.409 e. The average molecular weight is 532 g/mol. The Kier molecular flexibility index (Phi) is 8.27. The number of ether oxygens (including phenoxy) is 2. The van der Waals surface area contributed by atoms with Gasteiger partial charge in [0.2, 0.25) is 0 Å². The Labute approximate surface area is 218 Å². The molecule has 2 aliphatic rings. The van der Waals surface area contributed by atoms with Crippen LogP contribution < -0.4 is 10.5 Å². The van der Waals surface area contributed by atoms with Crippen molar-refractivity contribution in [2.24, 2.45) is 0 Å². The molecule has 2 aromatic rings. The number of methoxy groups -OCH3 is 1. The highest BCUT2D eigenvalue weighted by molar-refractivity contribution is 8.26. The lowest BCUT2D eigenvalue weighted by Gasteiger charge is -2.35. The summed E-state index contributed by atoms with van der Waals surface area (Å²) in [5.74, 6) is 0.255. The highest BCUT2D eigenvalue weighted by Crippen LogP contribution is 2.33. The van der Waals surface area contributed by atoms with Crippen LogP contribution in [0.4, 0.5) is 10.6 Å². The molecule has 0 saturated carbocycles. The number of carbonyl (C=O) groups excluding carboxylic acids is 2. The molecular formula is C24H29N5O5S2. The van der Waals surface area contributed by atoms with Gasteiger partial charge in [-0.1, -0.05) is 30.0 Å². The fourth-order valence-corrected chi connectivity index (χ4v) is 5.41. The Morgan fingerprint density at radius 3 is 2.67 bits per heavy atom. The van der Waals surface area contributed by atoms with E-state index in [1.165, 1.54) is 16.2 Å². The van der Waals surface area contributed by atoms with Gasteiger partial charge in [-0.2, -0.15) is 0 Å². The van der Waals surface area contributed by atoms with Gasteiger partial charge in [-0.05, 0) is 38.0 Å². The van der Waals surface area contributed by atoms with Gasteiger partial charge in [0.25, 0.3) is 11.5 Å². The summed E-state index contributed by atoms with van der Waals surface area (Å²) < 4.78 is 12.2. The minimum absolute atomic E-state index is 0.229. The largest absolute Gasteiger partial charge is 0.450 e. The first-order valence-corrected chi connectivity index (χ1v) is 13.0. The van der Waals surface area contributed by atoms with Crippen molar-refractivity contribution in [3.05, 3.63) is 44.7 Å². The van der Waals surface area contributed by atoms with E-state index < -0.39 is 0 Å². The van der Waals surface area contributed by atoms with Crippen LogP contribution in [-0.2, 0) is 14.3 Å². The van der Waals surface area contributed by atoms with E-state index in [1.54, 1.807) is 42.2 Å². The molecule has 4 heterocycles. The SMILES string of the molecule is CCOC(=O)N1CCN(c2nc3ccc(C)cn3c(=O)c2/C=C2/SC(=S)N(CCCOC)C2=O)CC1. The summed E-state index contributed by atoms with van der Waals surface area (Å²) in [6.07, 6.45) is 3.65. The molecule has 0 aromatic carbocycles. The fraction of sp³-hybridized carbons (Fsp3) is 0.458. The second-order valence-electron chi connectivity index (χ2n) is 8.44. The first-order valence-electron chi connectivity index (χ1n) is 11.8. The Hall–Kier alpha value is -2.96. The van der Waals surface area contributed by atoms with Crippen LogP contribution in [-0.4, -0.2) is 88.6 Å². The van der Waals surface area contributed by atoms with E-state index in [-0.39, 0.29) is 17.6 Å². The number of piperazine rings is 1. The normalized spacial score (nSPS) is 17.5. The fourth-order valence-electron chi connectivity index (χ4n) is 4.12. The lowest BCUT2D eigenvalue weighted by atomic mass is 10.2. The lowest BCUT2D eigenvalue weighted by molar-refractivity contribution is -0.122. The summed E-state index contributed by atoms with van der Waals surface area (Å²) >= 11 is 6.61. The van der Waals surface area contributed by atoms with Crippen LogP contribution >= 0.6 is 24.0 Å². The van der Waals surface area contributed by atoms with E-state index in [0.717, 1.165) is 5.56 Å². The number of aromatic nitrogens is 2. The van der Waals surface area contributed by atoms with Crippen molar-refractivity contribution in [1.82, 2.24) is 19.2 Å². The predicted octanol–water partition coefficient (Wildman–Crippen LogP) is 2.52. The van der Waals surface area contributed by atoms with Crippen LogP contribution in [0.25, 0.3) is 11.7 Å². The van der Waals surface area contributed by atoms with E-state index in [9.17, 15) is 14.4 Å². The van der Waals surface area contributed by atoms with E-state index in [1.807, 2.05) is 17.9 Å². The number of pyridine rings is 1. The van der Waals surface area contributed by atoms with E-state index in [4.69, 9.17) is 26.7 Å². The molecular weight excluding hydrogens is 502 g/mol. The zero-order valence-corrected chi connectivity index (χ0v) is 22.2. The lowest BCUT2D eigenvalue weighted by Crippen LogP contribution is -2.49. The highest BCUT2D eigenvalue weighted by Gasteiger charge is 2.33. The molecule has 0 atom stereocenters. The summed E-state index contributed by atoms with van der Waals surface area (Å²) in [6.45, 7) is 6.80. The molecule has 0 bridgehead atoms. The molecule has 36 heavy (non-hydrogen) atoms. The van der Waals surface area contributed by atoms with Crippen molar-refractivity contribution in [3.8, 4) is 0 Å². The molecule has 0 unspecified atom stereocenters. The first kappa shape index (κ1) is 26.1. The Balaban J connectivity index is 1.70. The molecule has 2 amide bonds.